The maximum absolute atomic E-state index is 10.5. The Labute approximate surface area is 334 Å². The van der Waals surface area contributed by atoms with Gasteiger partial charge in [-0.2, -0.15) is 0 Å². The van der Waals surface area contributed by atoms with E-state index < -0.39 is 36.2 Å². The number of carboxylic acid groups (broad SMARTS) is 2. The minimum atomic E-state index is -1.30. The smallest absolute Gasteiger partial charge is 0.311 e. The highest BCUT2D eigenvalue weighted by Crippen LogP contribution is 2.52. The van der Waals surface area contributed by atoms with Crippen molar-refractivity contribution < 1.29 is 48.6 Å². The zero-order valence-corrected chi connectivity index (χ0v) is 36.7. The van der Waals surface area contributed by atoms with Crippen molar-refractivity contribution in [1.29, 1.82) is 0 Å². The third kappa shape index (κ3) is 15.8. The Hall–Kier alpha value is -1.77. The molecule has 55 heavy (non-hydrogen) atoms. The molecule has 0 radical (unpaired) electrons. The molecule has 14 heteroatoms. The Morgan fingerprint density at radius 3 is 1.31 bits per heavy atom. The summed E-state index contributed by atoms with van der Waals surface area (Å²) >= 11 is 0. The minimum absolute atomic E-state index is 0.0412. The zero-order valence-electron chi connectivity index (χ0n) is 36.7. The van der Waals surface area contributed by atoms with Crippen molar-refractivity contribution in [3.8, 4) is 0 Å². The lowest BCUT2D eigenvalue weighted by atomic mass is 9.40. The molecule has 7 N–H and O–H groups in total. The third-order valence-electron chi connectivity index (χ3n) is 12.4. The van der Waals surface area contributed by atoms with E-state index in [1.165, 1.54) is 83.4 Å². The van der Waals surface area contributed by atoms with E-state index in [0.717, 1.165) is 26.4 Å². The van der Waals surface area contributed by atoms with Crippen LogP contribution in [-0.4, -0.2) is 121 Å². The van der Waals surface area contributed by atoms with E-state index in [1.54, 1.807) is 13.7 Å². The number of carbonyl (C=O) groups is 2. The van der Waals surface area contributed by atoms with Crippen molar-refractivity contribution in [3.05, 3.63) is 23.3 Å². The number of rotatable bonds is 15. The van der Waals surface area contributed by atoms with E-state index in [-0.39, 0.29) is 35.5 Å². The zero-order chi connectivity index (χ0) is 42.5. The standard InChI is InChI=1S/2C15H26O2.C6H14BNO3.C5H12BNO3/c2*1-12(2)8-10-16-14(3,4)13-7-5-6-9-15(13)11-17-15;1-6(4-8,11-3)7(2)5(9)10;1-5(10,3-7)6(2)4(8)9/h2*8,13H,5-7,9-11H2,1-4H3;4,8H2,1-3H3,(H,9,10);10H,3,7H2,1-2H3,(H,8,9). The first-order chi connectivity index (χ1) is 25.3. The number of nitrogens with two attached hydrogens (primary N) is 2. The molecule has 0 aromatic heterocycles. The molecule has 0 amide bonds. The lowest BCUT2D eigenvalue weighted by molar-refractivity contribution is -0.0846. The van der Waals surface area contributed by atoms with Crippen molar-refractivity contribution in [2.75, 3.05) is 46.6 Å². The van der Waals surface area contributed by atoms with Gasteiger partial charge in [0.2, 0.25) is 0 Å². The molecule has 12 nitrogen and oxygen atoms in total. The number of methoxy groups -OCH3 is 1. The average Bonchev–Trinajstić information content (AvgIpc) is 4.06. The van der Waals surface area contributed by atoms with E-state index in [2.05, 4.69) is 67.5 Å². The fraction of sp³-hybridized carbons (Fsp3) is 0.854. The summed E-state index contributed by atoms with van der Waals surface area (Å²) in [6.45, 7) is 25.6. The summed E-state index contributed by atoms with van der Waals surface area (Å²) < 4.78 is 28.7. The van der Waals surface area contributed by atoms with Gasteiger partial charge in [0.15, 0.2) is 0 Å². The second-order valence-corrected chi connectivity index (χ2v) is 18.1. The topological polar surface area (TPSA) is 200 Å². The second kappa shape index (κ2) is 21.8. The number of aliphatic hydroxyl groups is 1. The van der Waals surface area contributed by atoms with Crippen LogP contribution in [0.3, 0.4) is 0 Å². The van der Waals surface area contributed by atoms with Gasteiger partial charge in [-0.25, -0.2) is 0 Å². The van der Waals surface area contributed by atoms with Gasteiger partial charge in [0.1, 0.15) is 0 Å². The molecule has 6 atom stereocenters. The van der Waals surface area contributed by atoms with Gasteiger partial charge in [-0.3, -0.25) is 9.59 Å². The summed E-state index contributed by atoms with van der Waals surface area (Å²) in [5, 5.41) is 26.3. The van der Waals surface area contributed by atoms with Crippen molar-refractivity contribution >= 4 is 25.2 Å². The molecule has 4 fully saturated rings. The van der Waals surface area contributed by atoms with Crippen molar-refractivity contribution in [1.82, 2.24) is 0 Å². The molecule has 4 rings (SSSR count). The second-order valence-electron chi connectivity index (χ2n) is 18.1. The molecule has 2 aliphatic heterocycles. The van der Waals surface area contributed by atoms with Crippen molar-refractivity contribution in [3.63, 3.8) is 0 Å². The van der Waals surface area contributed by atoms with Gasteiger partial charge in [-0.1, -0.05) is 62.6 Å². The molecule has 4 aliphatic rings. The first kappa shape index (κ1) is 51.2. The van der Waals surface area contributed by atoms with Crippen LogP contribution in [0.25, 0.3) is 0 Å². The molecular formula is C41H78B2N2O10. The lowest BCUT2D eigenvalue weighted by Gasteiger charge is -2.40. The summed E-state index contributed by atoms with van der Waals surface area (Å²) in [4.78, 5) is 20.8. The molecule has 2 saturated carbocycles. The normalized spacial score (nSPS) is 26.2. The summed E-state index contributed by atoms with van der Waals surface area (Å²) in [5.74, 6) is -0.793. The Balaban J connectivity index is 0.000000378. The molecule has 2 heterocycles. The van der Waals surface area contributed by atoms with Crippen molar-refractivity contribution in [2.24, 2.45) is 23.3 Å². The predicted octanol–water partition coefficient (Wildman–Crippen LogP) is 7.31. The summed E-state index contributed by atoms with van der Waals surface area (Å²) in [5.41, 5.74) is 11.3. The van der Waals surface area contributed by atoms with Gasteiger partial charge in [-0.05, 0) is 94.9 Å². The molecule has 6 unspecified atom stereocenters. The van der Waals surface area contributed by atoms with Gasteiger partial charge in [-0.15, -0.1) is 0 Å². The highest BCUT2D eigenvalue weighted by atomic mass is 16.6. The Morgan fingerprint density at radius 2 is 1.09 bits per heavy atom. The molecule has 2 aliphatic carbocycles. The molecular weight excluding hydrogens is 702 g/mol. The van der Waals surface area contributed by atoms with Crippen LogP contribution in [0.5, 0.6) is 0 Å². The Bertz CT molecular complexity index is 1190. The SMILES string of the molecule is CB(C(=O)O)C(C)(O)CN.CC(C)=CCOC(C)(C)C1CCCCC12CO2.CC(C)=CCOC(C)(C)C1CCCCC12CO2.COC(C)(CN)B(C)C(=O)O. The highest BCUT2D eigenvalue weighted by Gasteiger charge is 2.58. The predicted molar refractivity (Wildman–Crippen MR) is 224 cm³/mol. The highest BCUT2D eigenvalue weighted by molar-refractivity contribution is 6.89. The van der Waals surface area contributed by atoms with E-state index in [9.17, 15) is 14.7 Å². The first-order valence-electron chi connectivity index (χ1n) is 20.3. The Morgan fingerprint density at radius 1 is 0.727 bits per heavy atom. The maximum atomic E-state index is 10.5. The van der Waals surface area contributed by atoms with Crippen LogP contribution in [0.2, 0.25) is 13.6 Å². The minimum Gasteiger partial charge on any atom is -0.489 e. The number of ether oxygens (including phenoxy) is 5. The first-order valence-corrected chi connectivity index (χ1v) is 20.3. The summed E-state index contributed by atoms with van der Waals surface area (Å²) in [6, 6.07) is 0. The third-order valence-corrected chi connectivity index (χ3v) is 12.4. The molecule has 2 spiro atoms. The van der Waals surface area contributed by atoms with Gasteiger partial charge in [0, 0.05) is 32.0 Å². The van der Waals surface area contributed by atoms with E-state index >= 15 is 0 Å². The quantitative estimate of drug-likeness (QED) is 0.0632. The lowest BCUT2D eigenvalue weighted by Crippen LogP contribution is -2.53. The maximum Gasteiger partial charge on any atom is 0.311 e. The van der Waals surface area contributed by atoms with E-state index in [4.69, 9.17) is 45.4 Å². The van der Waals surface area contributed by atoms with Gasteiger partial charge in [0.25, 0.3) is 11.7 Å². The monoisotopic (exact) mass is 781 g/mol. The van der Waals surface area contributed by atoms with Crippen LogP contribution in [-0.2, 0) is 23.7 Å². The van der Waals surface area contributed by atoms with Crippen LogP contribution < -0.4 is 11.5 Å². The summed E-state index contributed by atoms with van der Waals surface area (Å²) in [7, 11) is 1.46. The van der Waals surface area contributed by atoms with Gasteiger partial charge < -0.3 is 50.5 Å². The van der Waals surface area contributed by atoms with Gasteiger partial charge >= 0.3 is 13.4 Å². The van der Waals surface area contributed by atoms with Gasteiger partial charge in [0.05, 0.1) is 59.8 Å². The fourth-order valence-corrected chi connectivity index (χ4v) is 7.45. The molecule has 2 saturated heterocycles. The number of hydrogen-bond acceptors (Lipinski definition) is 10. The summed E-state index contributed by atoms with van der Waals surface area (Å²) in [6.07, 6.45) is 14.6. The van der Waals surface area contributed by atoms with Crippen LogP contribution in [0.15, 0.2) is 23.3 Å². The van der Waals surface area contributed by atoms with Crippen LogP contribution in [0, 0.1) is 11.8 Å². The number of epoxide rings is 2. The number of allylic oxidation sites excluding steroid dienone is 2. The van der Waals surface area contributed by atoms with Crippen molar-refractivity contribution in [2.45, 2.75) is 168 Å². The van der Waals surface area contributed by atoms with Crippen LogP contribution in [0.4, 0.5) is 9.59 Å². The molecule has 0 aromatic carbocycles. The average molecular weight is 781 g/mol. The Kier molecular flexibility index (Phi) is 20.3. The molecule has 0 aromatic rings. The largest absolute Gasteiger partial charge is 0.489 e. The molecule has 0 bridgehead atoms. The van der Waals surface area contributed by atoms with Crippen LogP contribution >= 0.6 is 0 Å². The molecule has 318 valence electrons. The fourth-order valence-electron chi connectivity index (χ4n) is 7.45. The van der Waals surface area contributed by atoms with E-state index in [1.807, 2.05) is 0 Å². The number of hydrogen-bond donors (Lipinski definition) is 5. The van der Waals surface area contributed by atoms with Crippen LogP contribution in [0.1, 0.15) is 121 Å². The van der Waals surface area contributed by atoms with E-state index in [0.29, 0.717) is 11.8 Å².